The minimum absolute atomic E-state index is 0.298. The van der Waals surface area contributed by atoms with Gasteiger partial charge >= 0.3 is 5.97 Å². The molecular formula is C19H15ClO2. The number of hydrogen-bond acceptors (Lipinski definition) is 2. The summed E-state index contributed by atoms with van der Waals surface area (Å²) in [4.78, 5) is 11.9. The molecule has 0 aliphatic rings. The van der Waals surface area contributed by atoms with Crippen LogP contribution in [0.1, 0.15) is 17.5 Å². The lowest BCUT2D eigenvalue weighted by Gasteiger charge is -2.03. The molecule has 2 rings (SSSR count). The number of hydrogen-bond donors (Lipinski definition) is 0. The molecule has 0 unspecified atom stereocenters. The Hall–Kier alpha value is -2.50. The molecule has 110 valence electrons. The van der Waals surface area contributed by atoms with E-state index in [2.05, 4.69) is 11.8 Å². The number of esters is 1. The van der Waals surface area contributed by atoms with Gasteiger partial charge in [0.15, 0.2) is 0 Å². The molecule has 0 aliphatic heterocycles. The second-order valence-corrected chi connectivity index (χ2v) is 4.93. The van der Waals surface area contributed by atoms with Gasteiger partial charge in [-0.3, -0.25) is 0 Å². The Balaban J connectivity index is 2.23. The Morgan fingerprint density at radius 3 is 2.50 bits per heavy atom. The summed E-state index contributed by atoms with van der Waals surface area (Å²) in [6, 6.07) is 16.9. The van der Waals surface area contributed by atoms with E-state index in [0.29, 0.717) is 17.0 Å². The van der Waals surface area contributed by atoms with Crippen molar-refractivity contribution in [2.75, 3.05) is 7.11 Å². The van der Waals surface area contributed by atoms with Gasteiger partial charge in [0.1, 0.15) is 0 Å². The van der Waals surface area contributed by atoms with Crippen LogP contribution in [0.4, 0.5) is 0 Å². The normalized spacial score (nSPS) is 10.5. The van der Waals surface area contributed by atoms with Crippen LogP contribution >= 0.6 is 11.6 Å². The van der Waals surface area contributed by atoms with Gasteiger partial charge in [-0.2, -0.15) is 0 Å². The van der Waals surface area contributed by atoms with E-state index in [4.69, 9.17) is 16.3 Å². The third-order valence-corrected chi connectivity index (χ3v) is 3.31. The summed E-state index contributed by atoms with van der Waals surface area (Å²) in [7, 11) is 1.35. The van der Waals surface area contributed by atoms with E-state index >= 15 is 0 Å². The molecule has 0 N–H and O–H groups in total. The molecule has 0 aromatic heterocycles. The first-order valence-electron chi connectivity index (χ1n) is 6.78. The number of carbonyl (C=O) groups is 1. The number of halogens is 1. The van der Waals surface area contributed by atoms with Crippen LogP contribution < -0.4 is 0 Å². The molecular weight excluding hydrogens is 296 g/mol. The topological polar surface area (TPSA) is 26.3 Å². The zero-order chi connectivity index (χ0) is 15.8. The fourth-order valence-corrected chi connectivity index (χ4v) is 2.05. The van der Waals surface area contributed by atoms with Gasteiger partial charge in [-0.05, 0) is 29.8 Å². The van der Waals surface area contributed by atoms with Crippen molar-refractivity contribution in [3.8, 4) is 11.8 Å². The molecule has 2 nitrogen and oxygen atoms in total. The van der Waals surface area contributed by atoms with Crippen molar-refractivity contribution in [2.45, 2.75) is 6.42 Å². The average molecular weight is 311 g/mol. The van der Waals surface area contributed by atoms with Gasteiger partial charge in [0.25, 0.3) is 0 Å². The molecule has 0 fully saturated rings. The molecule has 0 spiro atoms. The SMILES string of the molecule is COC(=O)/C(=C/c1ccccc1Cl)CC#Cc1ccccc1. The minimum Gasteiger partial charge on any atom is -0.466 e. The highest BCUT2D eigenvalue weighted by Crippen LogP contribution is 2.19. The Kier molecular flexibility index (Phi) is 5.82. The number of benzene rings is 2. The van der Waals surface area contributed by atoms with Crippen molar-refractivity contribution in [1.29, 1.82) is 0 Å². The molecule has 0 bridgehead atoms. The third-order valence-electron chi connectivity index (χ3n) is 2.97. The molecule has 0 atom stereocenters. The predicted molar refractivity (Wildman–Crippen MR) is 89.4 cm³/mol. The molecule has 0 heterocycles. The van der Waals surface area contributed by atoms with Crippen LogP contribution in [0, 0.1) is 11.8 Å². The van der Waals surface area contributed by atoms with Crippen molar-refractivity contribution in [3.05, 3.63) is 76.3 Å². The van der Waals surface area contributed by atoms with E-state index in [9.17, 15) is 4.79 Å². The third kappa shape index (κ3) is 4.51. The molecule has 22 heavy (non-hydrogen) atoms. The van der Waals surface area contributed by atoms with Gasteiger partial charge in [-0.1, -0.05) is 59.8 Å². The standard InChI is InChI=1S/C19H15ClO2/c1-22-19(21)17(14-16-11-5-6-13-18(16)20)12-7-10-15-8-3-2-4-9-15/h2-6,8-9,11,13-14H,12H2,1H3/b17-14+. The van der Waals surface area contributed by atoms with Gasteiger partial charge < -0.3 is 4.74 Å². The largest absolute Gasteiger partial charge is 0.466 e. The number of rotatable bonds is 3. The summed E-state index contributed by atoms with van der Waals surface area (Å²) in [5.74, 6) is 5.62. The highest BCUT2D eigenvalue weighted by atomic mass is 35.5. The summed E-state index contributed by atoms with van der Waals surface area (Å²) in [5, 5.41) is 0.583. The van der Waals surface area contributed by atoms with Gasteiger partial charge in [0, 0.05) is 22.6 Å². The number of carbonyl (C=O) groups excluding carboxylic acids is 1. The fraction of sp³-hybridized carbons (Fsp3) is 0.105. The number of methoxy groups -OCH3 is 1. The maximum atomic E-state index is 11.9. The van der Waals surface area contributed by atoms with Crippen LogP contribution in [0.25, 0.3) is 6.08 Å². The van der Waals surface area contributed by atoms with Crippen LogP contribution in [0.5, 0.6) is 0 Å². The van der Waals surface area contributed by atoms with Crippen molar-refractivity contribution >= 4 is 23.6 Å². The summed E-state index contributed by atoms with van der Waals surface area (Å²) < 4.78 is 4.81. The minimum atomic E-state index is -0.401. The molecule has 2 aromatic carbocycles. The zero-order valence-corrected chi connectivity index (χ0v) is 12.9. The molecule has 0 amide bonds. The highest BCUT2D eigenvalue weighted by molar-refractivity contribution is 6.32. The Morgan fingerprint density at radius 2 is 1.82 bits per heavy atom. The average Bonchev–Trinajstić information content (AvgIpc) is 2.56. The molecule has 0 radical (unpaired) electrons. The molecule has 0 aliphatic carbocycles. The van der Waals surface area contributed by atoms with E-state index in [-0.39, 0.29) is 0 Å². The van der Waals surface area contributed by atoms with Crippen LogP contribution in [0.15, 0.2) is 60.2 Å². The number of ether oxygens (including phenoxy) is 1. The summed E-state index contributed by atoms with van der Waals surface area (Å²) in [6.45, 7) is 0. The van der Waals surface area contributed by atoms with Crippen LogP contribution in [-0.4, -0.2) is 13.1 Å². The summed E-state index contributed by atoms with van der Waals surface area (Å²) in [6.07, 6.45) is 2.01. The maximum Gasteiger partial charge on any atom is 0.334 e. The Bertz CT molecular complexity index is 737. The van der Waals surface area contributed by atoms with E-state index in [1.165, 1.54) is 7.11 Å². The van der Waals surface area contributed by atoms with Crippen molar-refractivity contribution in [1.82, 2.24) is 0 Å². The summed E-state index contributed by atoms with van der Waals surface area (Å²) in [5.41, 5.74) is 2.15. The first kappa shape index (κ1) is 15.9. The molecule has 2 aromatic rings. The van der Waals surface area contributed by atoms with E-state index in [1.54, 1.807) is 12.1 Å². The second kappa shape index (κ2) is 8.07. The van der Waals surface area contributed by atoms with Gasteiger partial charge in [0.2, 0.25) is 0 Å². The summed E-state index contributed by atoms with van der Waals surface area (Å²) >= 11 is 6.11. The first-order chi connectivity index (χ1) is 10.7. The van der Waals surface area contributed by atoms with Gasteiger partial charge in [-0.25, -0.2) is 4.79 Å². The van der Waals surface area contributed by atoms with Crippen LogP contribution in [0.3, 0.4) is 0 Å². The van der Waals surface area contributed by atoms with Crippen molar-refractivity contribution < 1.29 is 9.53 Å². The van der Waals surface area contributed by atoms with Crippen LogP contribution in [0.2, 0.25) is 5.02 Å². The fourth-order valence-electron chi connectivity index (χ4n) is 1.86. The Labute approximate surface area is 135 Å². The maximum absolute atomic E-state index is 11.9. The van der Waals surface area contributed by atoms with Crippen molar-refractivity contribution in [2.24, 2.45) is 0 Å². The van der Waals surface area contributed by atoms with E-state index < -0.39 is 5.97 Å². The monoisotopic (exact) mass is 310 g/mol. The lowest BCUT2D eigenvalue weighted by atomic mass is 10.1. The lowest BCUT2D eigenvalue weighted by Crippen LogP contribution is -2.04. The Morgan fingerprint density at radius 1 is 1.14 bits per heavy atom. The van der Waals surface area contributed by atoms with Gasteiger partial charge in [-0.15, -0.1) is 0 Å². The second-order valence-electron chi connectivity index (χ2n) is 4.53. The quantitative estimate of drug-likeness (QED) is 0.479. The van der Waals surface area contributed by atoms with E-state index in [1.807, 2.05) is 48.5 Å². The molecule has 0 saturated heterocycles. The smallest absolute Gasteiger partial charge is 0.334 e. The lowest BCUT2D eigenvalue weighted by molar-refractivity contribution is -0.136. The van der Waals surface area contributed by atoms with Gasteiger partial charge in [0.05, 0.1) is 7.11 Å². The first-order valence-corrected chi connectivity index (χ1v) is 7.16. The van der Waals surface area contributed by atoms with Crippen molar-refractivity contribution in [3.63, 3.8) is 0 Å². The molecule has 3 heteroatoms. The highest BCUT2D eigenvalue weighted by Gasteiger charge is 2.09. The predicted octanol–water partition coefficient (Wildman–Crippen LogP) is 4.34. The zero-order valence-electron chi connectivity index (χ0n) is 12.2. The van der Waals surface area contributed by atoms with Crippen LogP contribution in [-0.2, 0) is 9.53 Å². The molecule has 0 saturated carbocycles. The van der Waals surface area contributed by atoms with E-state index in [0.717, 1.165) is 11.1 Å².